The zero-order chi connectivity index (χ0) is 9.68. The number of nitrogens with one attached hydrogen (secondary N) is 2. The molecule has 0 saturated carbocycles. The second-order valence-corrected chi connectivity index (χ2v) is 2.90. The van der Waals surface area contributed by atoms with Gasteiger partial charge in [-0.05, 0) is 18.1 Å². The van der Waals surface area contributed by atoms with Crippen LogP contribution in [0.4, 0.5) is 0 Å². The maximum atomic E-state index is 11.2. The highest BCUT2D eigenvalue weighted by molar-refractivity contribution is 5.78. The maximum absolute atomic E-state index is 11.2. The second-order valence-electron chi connectivity index (χ2n) is 2.90. The first-order chi connectivity index (χ1) is 6.24. The van der Waals surface area contributed by atoms with Gasteiger partial charge in [-0.15, -0.1) is 0 Å². The van der Waals surface area contributed by atoms with Crippen LogP contribution in [0.2, 0.25) is 0 Å². The summed E-state index contributed by atoms with van der Waals surface area (Å²) in [5.74, 6) is -0.0169. The van der Waals surface area contributed by atoms with Gasteiger partial charge in [-0.3, -0.25) is 10.2 Å². The molecule has 0 atom stereocenters. The van der Waals surface area contributed by atoms with Crippen LogP contribution in [-0.2, 0) is 11.2 Å². The van der Waals surface area contributed by atoms with Crippen molar-refractivity contribution >= 4 is 5.91 Å². The third kappa shape index (κ3) is 2.87. The molecule has 0 radical (unpaired) electrons. The van der Waals surface area contributed by atoms with E-state index in [-0.39, 0.29) is 5.91 Å². The Morgan fingerprint density at radius 3 is 2.69 bits per heavy atom. The molecule has 3 nitrogen and oxygen atoms in total. The first-order valence-electron chi connectivity index (χ1n) is 4.24. The van der Waals surface area contributed by atoms with Crippen LogP contribution < -0.4 is 10.9 Å². The van der Waals surface area contributed by atoms with Crippen molar-refractivity contribution in [3.05, 3.63) is 35.4 Å². The second kappa shape index (κ2) is 4.62. The summed E-state index contributed by atoms with van der Waals surface area (Å²) in [7, 11) is 1.68. The van der Waals surface area contributed by atoms with Gasteiger partial charge in [-0.1, -0.05) is 24.3 Å². The Kier molecular flexibility index (Phi) is 3.46. The summed E-state index contributed by atoms with van der Waals surface area (Å²) >= 11 is 0. The lowest BCUT2D eigenvalue weighted by Crippen LogP contribution is -2.35. The van der Waals surface area contributed by atoms with Crippen LogP contribution in [0.15, 0.2) is 24.3 Å². The zero-order valence-corrected chi connectivity index (χ0v) is 7.92. The molecule has 0 unspecified atom stereocenters. The third-order valence-electron chi connectivity index (χ3n) is 1.88. The fraction of sp³-hybridized carbons (Fsp3) is 0.300. The quantitative estimate of drug-likeness (QED) is 0.672. The van der Waals surface area contributed by atoms with Crippen molar-refractivity contribution in [3.8, 4) is 0 Å². The topological polar surface area (TPSA) is 41.1 Å². The van der Waals surface area contributed by atoms with Gasteiger partial charge in [-0.2, -0.15) is 0 Å². The van der Waals surface area contributed by atoms with Crippen molar-refractivity contribution in [1.82, 2.24) is 10.9 Å². The summed E-state index contributed by atoms with van der Waals surface area (Å²) in [5.41, 5.74) is 7.35. The van der Waals surface area contributed by atoms with Gasteiger partial charge in [0.1, 0.15) is 0 Å². The molecule has 13 heavy (non-hydrogen) atoms. The Hall–Kier alpha value is -1.35. The van der Waals surface area contributed by atoms with Crippen LogP contribution >= 0.6 is 0 Å². The van der Waals surface area contributed by atoms with E-state index in [0.717, 1.165) is 11.1 Å². The summed E-state index contributed by atoms with van der Waals surface area (Å²) in [6.45, 7) is 2.00. The van der Waals surface area contributed by atoms with Crippen LogP contribution in [0.1, 0.15) is 11.1 Å². The molecule has 0 heterocycles. The van der Waals surface area contributed by atoms with Crippen molar-refractivity contribution in [2.24, 2.45) is 0 Å². The van der Waals surface area contributed by atoms with E-state index in [0.29, 0.717) is 6.42 Å². The van der Waals surface area contributed by atoms with Gasteiger partial charge in [0.15, 0.2) is 0 Å². The number of carbonyl (C=O) groups excluding carboxylic acids is 1. The number of aryl methyl sites for hydroxylation is 1. The number of carbonyl (C=O) groups is 1. The Morgan fingerprint density at radius 1 is 1.38 bits per heavy atom. The number of amides is 1. The predicted octanol–water partition coefficient (Wildman–Crippen LogP) is 0.788. The normalized spacial score (nSPS) is 9.69. The fourth-order valence-electron chi connectivity index (χ4n) is 1.17. The molecular weight excluding hydrogens is 164 g/mol. The highest BCUT2D eigenvalue weighted by atomic mass is 16.2. The van der Waals surface area contributed by atoms with E-state index in [1.807, 2.05) is 31.2 Å². The molecule has 0 aromatic heterocycles. The SMILES string of the molecule is CNNC(=O)Cc1ccccc1C. The Morgan fingerprint density at radius 2 is 2.08 bits per heavy atom. The average Bonchev–Trinajstić information content (AvgIpc) is 2.09. The summed E-state index contributed by atoms with van der Waals surface area (Å²) in [4.78, 5) is 11.2. The van der Waals surface area contributed by atoms with E-state index in [1.165, 1.54) is 0 Å². The van der Waals surface area contributed by atoms with Crippen LogP contribution in [-0.4, -0.2) is 13.0 Å². The molecule has 0 aliphatic carbocycles. The standard InChI is InChI=1S/C10H14N2O/c1-8-5-3-4-6-9(8)7-10(13)12-11-2/h3-6,11H,7H2,1-2H3,(H,12,13). The molecule has 1 rings (SSSR count). The molecule has 2 N–H and O–H groups in total. The number of rotatable bonds is 3. The maximum Gasteiger partial charge on any atom is 0.238 e. The van der Waals surface area contributed by atoms with E-state index in [2.05, 4.69) is 10.9 Å². The average molecular weight is 178 g/mol. The molecule has 1 aromatic rings. The molecular formula is C10H14N2O. The Bertz CT molecular complexity index is 297. The smallest absolute Gasteiger partial charge is 0.238 e. The molecule has 0 aliphatic heterocycles. The van der Waals surface area contributed by atoms with Crippen LogP contribution in [0.3, 0.4) is 0 Å². The summed E-state index contributed by atoms with van der Waals surface area (Å²) in [6.07, 6.45) is 0.424. The first kappa shape index (κ1) is 9.74. The fourth-order valence-corrected chi connectivity index (χ4v) is 1.17. The molecule has 0 saturated heterocycles. The van der Waals surface area contributed by atoms with Gasteiger partial charge < -0.3 is 0 Å². The number of hydrazine groups is 1. The van der Waals surface area contributed by atoms with E-state index < -0.39 is 0 Å². The molecule has 0 fully saturated rings. The predicted molar refractivity (Wildman–Crippen MR) is 52.1 cm³/mol. The van der Waals surface area contributed by atoms with Crippen molar-refractivity contribution < 1.29 is 4.79 Å². The summed E-state index contributed by atoms with van der Waals surface area (Å²) in [5, 5.41) is 0. The molecule has 70 valence electrons. The minimum absolute atomic E-state index is 0.0169. The molecule has 1 amide bonds. The van der Waals surface area contributed by atoms with Crippen molar-refractivity contribution in [1.29, 1.82) is 0 Å². The zero-order valence-electron chi connectivity index (χ0n) is 7.92. The largest absolute Gasteiger partial charge is 0.292 e. The van der Waals surface area contributed by atoms with Gasteiger partial charge in [0.25, 0.3) is 0 Å². The number of hydrogen-bond donors (Lipinski definition) is 2. The van der Waals surface area contributed by atoms with Crippen molar-refractivity contribution in [3.63, 3.8) is 0 Å². The van der Waals surface area contributed by atoms with Gasteiger partial charge in [0, 0.05) is 7.05 Å². The highest BCUT2D eigenvalue weighted by Gasteiger charge is 2.03. The Balaban J connectivity index is 2.63. The van der Waals surface area contributed by atoms with E-state index in [4.69, 9.17) is 0 Å². The molecule has 1 aromatic carbocycles. The van der Waals surface area contributed by atoms with Crippen LogP contribution in [0.25, 0.3) is 0 Å². The van der Waals surface area contributed by atoms with Crippen LogP contribution in [0, 0.1) is 6.92 Å². The van der Waals surface area contributed by atoms with E-state index in [9.17, 15) is 4.79 Å². The van der Waals surface area contributed by atoms with Gasteiger partial charge in [0.05, 0.1) is 6.42 Å². The number of hydrogen-bond acceptors (Lipinski definition) is 2. The van der Waals surface area contributed by atoms with E-state index >= 15 is 0 Å². The molecule has 0 bridgehead atoms. The molecule has 0 spiro atoms. The molecule has 0 aliphatic rings. The minimum Gasteiger partial charge on any atom is -0.292 e. The van der Waals surface area contributed by atoms with Crippen molar-refractivity contribution in [2.75, 3.05) is 7.05 Å². The lowest BCUT2D eigenvalue weighted by atomic mass is 10.1. The summed E-state index contributed by atoms with van der Waals surface area (Å²) in [6, 6.07) is 7.87. The van der Waals surface area contributed by atoms with Crippen LogP contribution in [0.5, 0.6) is 0 Å². The van der Waals surface area contributed by atoms with Gasteiger partial charge in [-0.25, -0.2) is 5.43 Å². The minimum atomic E-state index is -0.0169. The monoisotopic (exact) mass is 178 g/mol. The van der Waals surface area contributed by atoms with E-state index in [1.54, 1.807) is 7.05 Å². The van der Waals surface area contributed by atoms with Crippen molar-refractivity contribution in [2.45, 2.75) is 13.3 Å². The first-order valence-corrected chi connectivity index (χ1v) is 4.24. The third-order valence-corrected chi connectivity index (χ3v) is 1.88. The number of benzene rings is 1. The van der Waals surface area contributed by atoms with Gasteiger partial charge >= 0.3 is 0 Å². The highest BCUT2D eigenvalue weighted by Crippen LogP contribution is 2.06. The lowest BCUT2D eigenvalue weighted by Gasteiger charge is -2.05. The Labute approximate surface area is 78.1 Å². The lowest BCUT2D eigenvalue weighted by molar-refractivity contribution is -0.121. The summed E-state index contributed by atoms with van der Waals surface area (Å²) < 4.78 is 0. The molecule has 3 heteroatoms. The van der Waals surface area contributed by atoms with Gasteiger partial charge in [0.2, 0.25) is 5.91 Å².